The highest BCUT2D eigenvalue weighted by Gasteiger charge is 2.35. The maximum Gasteiger partial charge on any atom is 0.157 e. The van der Waals surface area contributed by atoms with E-state index in [1.54, 1.807) is 6.07 Å². The Morgan fingerprint density at radius 2 is 2.00 bits per heavy atom. The summed E-state index contributed by atoms with van der Waals surface area (Å²) in [5.41, 5.74) is 0.911. The first-order chi connectivity index (χ1) is 7.61. The van der Waals surface area contributed by atoms with E-state index in [0.717, 1.165) is 5.56 Å². The molecule has 0 atom stereocenters. The van der Waals surface area contributed by atoms with E-state index in [-0.39, 0.29) is 24.2 Å². The minimum Gasteiger partial charge on any atom is -0.488 e. The van der Waals surface area contributed by atoms with Gasteiger partial charge in [-0.05, 0) is 18.1 Å². The number of sulfone groups is 1. The fourth-order valence-corrected chi connectivity index (χ4v) is 2.88. The van der Waals surface area contributed by atoms with Crippen molar-refractivity contribution in [2.24, 2.45) is 0 Å². The summed E-state index contributed by atoms with van der Waals surface area (Å²) in [4.78, 5) is 0. The number of aliphatic hydroxyl groups is 1. The second-order valence-electron chi connectivity index (χ2n) is 3.90. The number of hydrogen-bond donors (Lipinski definition) is 1. The molecule has 5 heteroatoms. The van der Waals surface area contributed by atoms with Gasteiger partial charge in [0, 0.05) is 6.61 Å². The van der Waals surface area contributed by atoms with Gasteiger partial charge in [0.15, 0.2) is 9.84 Å². The molecule has 1 aromatic rings. The third-order valence-electron chi connectivity index (χ3n) is 2.53. The molecular formula is C11H14O4S. The average Bonchev–Trinajstić information content (AvgIpc) is 2.18. The zero-order chi connectivity index (χ0) is 11.6. The molecule has 0 radical (unpaired) electrons. The van der Waals surface area contributed by atoms with Gasteiger partial charge in [-0.2, -0.15) is 0 Å². The zero-order valence-corrected chi connectivity index (χ0v) is 9.61. The van der Waals surface area contributed by atoms with Crippen LogP contribution in [-0.4, -0.2) is 37.7 Å². The highest BCUT2D eigenvalue weighted by atomic mass is 32.2. The van der Waals surface area contributed by atoms with Crippen molar-refractivity contribution in [2.75, 3.05) is 18.1 Å². The molecule has 1 aliphatic heterocycles. The number of ether oxygens (including phenoxy) is 1. The highest BCUT2D eigenvalue weighted by molar-refractivity contribution is 7.92. The number of hydrogen-bond acceptors (Lipinski definition) is 4. The summed E-state index contributed by atoms with van der Waals surface area (Å²) >= 11 is 0. The molecule has 0 bridgehead atoms. The lowest BCUT2D eigenvalue weighted by Gasteiger charge is -2.27. The van der Waals surface area contributed by atoms with Crippen LogP contribution in [-0.2, 0) is 16.3 Å². The normalized spacial score (nSPS) is 19.1. The van der Waals surface area contributed by atoms with Gasteiger partial charge in [-0.25, -0.2) is 8.42 Å². The molecule has 0 unspecified atom stereocenters. The Bertz CT molecular complexity index is 455. The fraction of sp³-hybridized carbons (Fsp3) is 0.455. The predicted molar refractivity (Wildman–Crippen MR) is 60.3 cm³/mol. The Morgan fingerprint density at radius 1 is 1.31 bits per heavy atom. The van der Waals surface area contributed by atoms with E-state index in [4.69, 9.17) is 9.84 Å². The molecule has 16 heavy (non-hydrogen) atoms. The molecule has 1 fully saturated rings. The van der Waals surface area contributed by atoms with Gasteiger partial charge >= 0.3 is 0 Å². The van der Waals surface area contributed by atoms with Gasteiger partial charge in [0.2, 0.25) is 0 Å². The Labute approximate surface area is 94.8 Å². The van der Waals surface area contributed by atoms with Gasteiger partial charge in [-0.1, -0.05) is 18.2 Å². The van der Waals surface area contributed by atoms with Crippen molar-refractivity contribution in [3.63, 3.8) is 0 Å². The lowest BCUT2D eigenvalue weighted by Crippen LogP contribution is -2.45. The van der Waals surface area contributed by atoms with E-state index in [9.17, 15) is 8.42 Å². The molecule has 0 aromatic heterocycles. The van der Waals surface area contributed by atoms with Crippen molar-refractivity contribution >= 4 is 9.84 Å². The maximum atomic E-state index is 11.0. The topological polar surface area (TPSA) is 63.6 Å². The minimum absolute atomic E-state index is 0.0589. The number of aliphatic hydroxyl groups excluding tert-OH is 1. The third kappa shape index (κ3) is 2.54. The summed E-state index contributed by atoms with van der Waals surface area (Å²) in [7, 11) is -2.85. The van der Waals surface area contributed by atoms with Gasteiger partial charge in [-0.15, -0.1) is 0 Å². The summed E-state index contributed by atoms with van der Waals surface area (Å²) in [6.45, 7) is 0.0589. The molecule has 88 valence electrons. The van der Waals surface area contributed by atoms with Crippen LogP contribution in [0, 0.1) is 0 Å². The predicted octanol–water partition coefficient (Wildman–Crippen LogP) is 0.397. The first-order valence-corrected chi connectivity index (χ1v) is 6.99. The Kier molecular flexibility index (Phi) is 3.16. The molecule has 1 aliphatic rings. The maximum absolute atomic E-state index is 11.0. The average molecular weight is 242 g/mol. The molecule has 1 heterocycles. The zero-order valence-electron chi connectivity index (χ0n) is 8.80. The molecule has 1 aromatic carbocycles. The van der Waals surface area contributed by atoms with Crippen LogP contribution in [0.2, 0.25) is 0 Å². The first kappa shape index (κ1) is 11.4. The summed E-state index contributed by atoms with van der Waals surface area (Å²) in [5.74, 6) is 0.873. The molecule has 0 spiro atoms. The van der Waals surface area contributed by atoms with Crippen LogP contribution in [0.3, 0.4) is 0 Å². The molecular weight excluding hydrogens is 228 g/mol. The van der Waals surface area contributed by atoms with Gasteiger partial charge in [0.05, 0.1) is 11.5 Å². The standard InChI is InChI=1S/C11H14O4S/c12-6-5-9-3-1-2-4-11(9)15-10-7-16(13,14)8-10/h1-4,10,12H,5-8H2. The molecule has 2 rings (SSSR count). The van der Waals surface area contributed by atoms with Crippen molar-refractivity contribution < 1.29 is 18.3 Å². The van der Waals surface area contributed by atoms with E-state index in [1.165, 1.54) is 0 Å². The highest BCUT2D eigenvalue weighted by Crippen LogP contribution is 2.23. The Morgan fingerprint density at radius 3 is 2.62 bits per heavy atom. The quantitative estimate of drug-likeness (QED) is 0.830. The van der Waals surface area contributed by atoms with E-state index in [0.29, 0.717) is 12.2 Å². The van der Waals surface area contributed by atoms with E-state index >= 15 is 0 Å². The summed E-state index contributed by atoms with van der Waals surface area (Å²) < 4.78 is 27.5. The summed E-state index contributed by atoms with van der Waals surface area (Å²) in [5, 5.41) is 8.88. The van der Waals surface area contributed by atoms with Crippen molar-refractivity contribution in [3.8, 4) is 5.75 Å². The lowest BCUT2D eigenvalue weighted by molar-refractivity contribution is 0.225. The van der Waals surface area contributed by atoms with Gasteiger partial charge in [0.25, 0.3) is 0 Å². The van der Waals surface area contributed by atoms with E-state index in [1.807, 2.05) is 18.2 Å². The Balaban J connectivity index is 2.04. The fourth-order valence-electron chi connectivity index (χ4n) is 1.71. The molecule has 1 saturated heterocycles. The largest absolute Gasteiger partial charge is 0.488 e. The summed E-state index contributed by atoms with van der Waals surface area (Å²) in [6.07, 6.45) is 0.292. The monoisotopic (exact) mass is 242 g/mol. The van der Waals surface area contributed by atoms with Crippen molar-refractivity contribution in [3.05, 3.63) is 29.8 Å². The molecule has 0 aliphatic carbocycles. The van der Waals surface area contributed by atoms with E-state index < -0.39 is 9.84 Å². The SMILES string of the molecule is O=S1(=O)CC(Oc2ccccc2CCO)C1. The number of para-hydroxylation sites is 1. The van der Waals surface area contributed by atoms with Gasteiger partial charge in [-0.3, -0.25) is 0 Å². The van der Waals surface area contributed by atoms with Crippen LogP contribution < -0.4 is 4.74 Å². The van der Waals surface area contributed by atoms with E-state index in [2.05, 4.69) is 0 Å². The van der Waals surface area contributed by atoms with Crippen LogP contribution in [0.1, 0.15) is 5.56 Å². The van der Waals surface area contributed by atoms with Crippen LogP contribution in [0.4, 0.5) is 0 Å². The van der Waals surface area contributed by atoms with Gasteiger partial charge < -0.3 is 9.84 Å². The molecule has 4 nitrogen and oxygen atoms in total. The van der Waals surface area contributed by atoms with Crippen LogP contribution >= 0.6 is 0 Å². The second kappa shape index (κ2) is 4.43. The second-order valence-corrected chi connectivity index (χ2v) is 6.05. The first-order valence-electron chi connectivity index (χ1n) is 5.16. The van der Waals surface area contributed by atoms with Crippen molar-refractivity contribution in [1.82, 2.24) is 0 Å². The minimum atomic E-state index is -2.85. The number of rotatable bonds is 4. The summed E-state index contributed by atoms with van der Waals surface area (Å²) in [6, 6.07) is 7.38. The van der Waals surface area contributed by atoms with Crippen LogP contribution in [0.5, 0.6) is 5.75 Å². The number of benzene rings is 1. The molecule has 0 saturated carbocycles. The Hall–Kier alpha value is -1.07. The van der Waals surface area contributed by atoms with Crippen LogP contribution in [0.25, 0.3) is 0 Å². The van der Waals surface area contributed by atoms with Gasteiger partial charge in [0.1, 0.15) is 11.9 Å². The third-order valence-corrected chi connectivity index (χ3v) is 4.29. The smallest absolute Gasteiger partial charge is 0.157 e. The van der Waals surface area contributed by atoms with Crippen molar-refractivity contribution in [1.29, 1.82) is 0 Å². The van der Waals surface area contributed by atoms with Crippen molar-refractivity contribution in [2.45, 2.75) is 12.5 Å². The lowest BCUT2D eigenvalue weighted by atomic mass is 10.1. The molecule has 1 N–H and O–H groups in total. The van der Waals surface area contributed by atoms with Crippen LogP contribution in [0.15, 0.2) is 24.3 Å². The molecule has 0 amide bonds.